The number of fused-ring (bicyclic) bond motifs is 7. The van der Waals surface area contributed by atoms with Crippen LogP contribution in [0.5, 0.6) is 0 Å². The Bertz CT molecular complexity index is 2010. The van der Waals surface area contributed by atoms with Crippen molar-refractivity contribution in [3.63, 3.8) is 0 Å². The van der Waals surface area contributed by atoms with Crippen molar-refractivity contribution >= 4 is 72.0 Å². The van der Waals surface area contributed by atoms with Crippen molar-refractivity contribution in [1.82, 2.24) is 9.97 Å². The lowest BCUT2D eigenvalue weighted by Gasteiger charge is -2.26. The predicted molar refractivity (Wildman–Crippen MR) is 149 cm³/mol. The third-order valence-electron chi connectivity index (χ3n) is 6.95. The Morgan fingerprint density at radius 1 is 0.486 bits per heavy atom. The van der Waals surface area contributed by atoms with Crippen LogP contribution < -0.4 is 4.90 Å². The summed E-state index contributed by atoms with van der Waals surface area (Å²) in [5.41, 5.74) is 7.02. The quantitative estimate of drug-likeness (QED) is 0.254. The first-order valence-electron chi connectivity index (χ1n) is 12.2. The van der Waals surface area contributed by atoms with Gasteiger partial charge in [0.05, 0.1) is 0 Å². The van der Waals surface area contributed by atoms with Crippen LogP contribution in [-0.2, 0) is 0 Å². The zero-order valence-corrected chi connectivity index (χ0v) is 19.6. The first-order chi connectivity index (χ1) is 18.3. The van der Waals surface area contributed by atoms with Gasteiger partial charge in [0.15, 0.2) is 5.58 Å². The lowest BCUT2D eigenvalue weighted by molar-refractivity contribution is 0.654. The highest BCUT2D eigenvalue weighted by atomic mass is 16.3. The Labute approximate surface area is 211 Å². The Kier molecular flexibility index (Phi) is 4.16. The Morgan fingerprint density at radius 2 is 1.19 bits per heavy atom. The van der Waals surface area contributed by atoms with Gasteiger partial charge >= 0.3 is 0 Å². The number of aromatic nitrogens is 2. The van der Waals surface area contributed by atoms with Crippen molar-refractivity contribution in [3.8, 4) is 0 Å². The molecule has 4 aromatic heterocycles. The Hall–Kier alpha value is -5.16. The van der Waals surface area contributed by atoms with Gasteiger partial charge in [-0.05, 0) is 83.6 Å². The zero-order valence-electron chi connectivity index (χ0n) is 19.6. The number of furan rings is 2. The SMILES string of the molecule is c1ccc2cc(N(c3ccc4oc5ncccc5c4c3)c3ccc4oc5cccnc5c4c3)ccc2c1. The van der Waals surface area contributed by atoms with E-state index in [1.807, 2.05) is 36.4 Å². The van der Waals surface area contributed by atoms with E-state index in [-0.39, 0.29) is 0 Å². The molecule has 0 saturated heterocycles. The van der Waals surface area contributed by atoms with Gasteiger partial charge in [-0.2, -0.15) is 0 Å². The lowest BCUT2D eigenvalue weighted by atomic mass is 10.1. The minimum Gasteiger partial charge on any atom is -0.454 e. The molecule has 5 nitrogen and oxygen atoms in total. The van der Waals surface area contributed by atoms with E-state index in [0.717, 1.165) is 55.5 Å². The largest absolute Gasteiger partial charge is 0.454 e. The minimum absolute atomic E-state index is 0.643. The maximum absolute atomic E-state index is 6.05. The highest BCUT2D eigenvalue weighted by Crippen LogP contribution is 2.41. The summed E-state index contributed by atoms with van der Waals surface area (Å²) < 4.78 is 12.1. The molecular weight excluding hydrogens is 458 g/mol. The fourth-order valence-electron chi connectivity index (χ4n) is 5.23. The molecule has 4 heterocycles. The van der Waals surface area contributed by atoms with Gasteiger partial charge in [0.2, 0.25) is 5.71 Å². The van der Waals surface area contributed by atoms with Gasteiger partial charge in [-0.1, -0.05) is 30.3 Å². The van der Waals surface area contributed by atoms with Gasteiger partial charge in [-0.3, -0.25) is 4.98 Å². The highest BCUT2D eigenvalue weighted by Gasteiger charge is 2.18. The van der Waals surface area contributed by atoms with E-state index in [4.69, 9.17) is 8.83 Å². The standard InChI is InChI=1S/C32H19N3O2/c1-2-6-21-17-22(10-9-20(21)5-1)35(23-11-13-28-26(18-23)25-7-3-16-34-32(25)37-28)24-12-14-29-27(19-24)31-30(36-29)8-4-15-33-31/h1-19H. The summed E-state index contributed by atoms with van der Waals surface area (Å²) in [6, 6.07) is 35.4. The number of benzene rings is 4. The molecule has 0 radical (unpaired) electrons. The maximum Gasteiger partial charge on any atom is 0.227 e. The number of pyridine rings is 2. The lowest BCUT2D eigenvalue weighted by Crippen LogP contribution is -2.09. The van der Waals surface area contributed by atoms with Gasteiger partial charge < -0.3 is 13.7 Å². The molecule has 0 unspecified atom stereocenters. The van der Waals surface area contributed by atoms with E-state index in [9.17, 15) is 0 Å². The molecule has 0 N–H and O–H groups in total. The molecule has 0 aliphatic rings. The summed E-state index contributed by atoms with van der Waals surface area (Å²) in [6.45, 7) is 0. The molecule has 0 saturated carbocycles. The Morgan fingerprint density at radius 3 is 2.08 bits per heavy atom. The molecule has 0 atom stereocenters. The summed E-state index contributed by atoms with van der Waals surface area (Å²) in [6.07, 6.45) is 3.56. The smallest absolute Gasteiger partial charge is 0.227 e. The molecule has 5 heteroatoms. The number of rotatable bonds is 3. The number of hydrogen-bond donors (Lipinski definition) is 0. The first kappa shape index (κ1) is 20.1. The van der Waals surface area contributed by atoms with E-state index in [1.165, 1.54) is 10.8 Å². The van der Waals surface area contributed by atoms with E-state index < -0.39 is 0 Å². The normalized spacial score (nSPS) is 11.8. The molecule has 8 rings (SSSR count). The molecule has 0 amide bonds. The van der Waals surface area contributed by atoms with Gasteiger partial charge in [-0.25, -0.2) is 4.98 Å². The molecule has 4 aromatic carbocycles. The van der Waals surface area contributed by atoms with Crippen molar-refractivity contribution in [2.45, 2.75) is 0 Å². The van der Waals surface area contributed by atoms with Crippen molar-refractivity contribution in [2.75, 3.05) is 4.90 Å². The minimum atomic E-state index is 0.643. The fourth-order valence-corrected chi connectivity index (χ4v) is 5.23. The third kappa shape index (κ3) is 3.11. The second kappa shape index (κ2) is 7.67. The summed E-state index contributed by atoms with van der Waals surface area (Å²) in [7, 11) is 0. The summed E-state index contributed by atoms with van der Waals surface area (Å²) in [5.74, 6) is 0. The van der Waals surface area contributed by atoms with Crippen LogP contribution in [0.15, 0.2) is 124 Å². The van der Waals surface area contributed by atoms with E-state index >= 15 is 0 Å². The molecule has 0 bridgehead atoms. The number of anilines is 3. The average molecular weight is 478 g/mol. The van der Waals surface area contributed by atoms with Crippen LogP contribution in [-0.4, -0.2) is 9.97 Å². The molecule has 0 aliphatic heterocycles. The maximum atomic E-state index is 6.05. The van der Waals surface area contributed by atoms with Crippen molar-refractivity contribution in [1.29, 1.82) is 0 Å². The average Bonchev–Trinajstić information content (AvgIpc) is 3.51. The van der Waals surface area contributed by atoms with Crippen LogP contribution in [0.3, 0.4) is 0 Å². The van der Waals surface area contributed by atoms with Crippen LogP contribution in [0.2, 0.25) is 0 Å². The summed E-state index contributed by atoms with van der Waals surface area (Å²) >= 11 is 0. The van der Waals surface area contributed by atoms with E-state index in [2.05, 4.69) is 81.6 Å². The van der Waals surface area contributed by atoms with Crippen molar-refractivity contribution in [3.05, 3.63) is 116 Å². The van der Waals surface area contributed by atoms with Crippen LogP contribution in [0.1, 0.15) is 0 Å². The molecule has 8 aromatic rings. The van der Waals surface area contributed by atoms with Crippen LogP contribution in [0.25, 0.3) is 54.9 Å². The van der Waals surface area contributed by atoms with E-state index in [1.54, 1.807) is 12.4 Å². The molecule has 37 heavy (non-hydrogen) atoms. The zero-order chi connectivity index (χ0) is 24.3. The molecule has 174 valence electrons. The number of hydrogen-bond acceptors (Lipinski definition) is 5. The van der Waals surface area contributed by atoms with Crippen molar-refractivity contribution in [2.24, 2.45) is 0 Å². The third-order valence-corrected chi connectivity index (χ3v) is 6.95. The molecular formula is C32H19N3O2. The van der Waals surface area contributed by atoms with Crippen LogP contribution >= 0.6 is 0 Å². The second-order valence-corrected chi connectivity index (χ2v) is 9.14. The summed E-state index contributed by atoms with van der Waals surface area (Å²) in [4.78, 5) is 11.3. The molecule has 0 fully saturated rings. The predicted octanol–water partition coefficient (Wildman–Crippen LogP) is 8.90. The number of nitrogens with zero attached hydrogens (tertiary/aromatic N) is 3. The second-order valence-electron chi connectivity index (χ2n) is 9.14. The summed E-state index contributed by atoms with van der Waals surface area (Å²) in [5, 5.41) is 5.40. The van der Waals surface area contributed by atoms with Crippen LogP contribution in [0, 0.1) is 0 Å². The Balaban J connectivity index is 1.40. The van der Waals surface area contributed by atoms with Crippen molar-refractivity contribution < 1.29 is 8.83 Å². The van der Waals surface area contributed by atoms with Gasteiger partial charge in [-0.15, -0.1) is 0 Å². The van der Waals surface area contributed by atoms with Gasteiger partial charge in [0.1, 0.15) is 16.7 Å². The van der Waals surface area contributed by atoms with Crippen LogP contribution in [0.4, 0.5) is 17.1 Å². The van der Waals surface area contributed by atoms with E-state index in [0.29, 0.717) is 5.71 Å². The first-order valence-corrected chi connectivity index (χ1v) is 12.2. The monoisotopic (exact) mass is 477 g/mol. The van der Waals surface area contributed by atoms with Gasteiger partial charge in [0.25, 0.3) is 0 Å². The highest BCUT2D eigenvalue weighted by molar-refractivity contribution is 6.07. The van der Waals surface area contributed by atoms with Gasteiger partial charge in [0, 0.05) is 45.6 Å². The molecule has 0 spiro atoms. The molecule has 0 aliphatic carbocycles. The fraction of sp³-hybridized carbons (Fsp3) is 0. The topological polar surface area (TPSA) is 55.3 Å².